The van der Waals surface area contributed by atoms with Gasteiger partial charge in [-0.3, -0.25) is 0 Å². The third kappa shape index (κ3) is 6.52. The van der Waals surface area contributed by atoms with Gasteiger partial charge in [0.05, 0.1) is 12.1 Å². The number of rotatable bonds is 9. The molecular weight excluding hydrogens is 276 g/mol. The van der Waals surface area contributed by atoms with Crippen molar-refractivity contribution in [2.24, 2.45) is 12.0 Å². The molecule has 0 unspecified atom stereocenters. The number of aryl methyl sites for hydroxylation is 1. The Morgan fingerprint density at radius 3 is 2.41 bits per heavy atom. The van der Waals surface area contributed by atoms with Crippen molar-refractivity contribution in [2.45, 2.75) is 58.6 Å². The predicted octanol–water partition coefficient (Wildman–Crippen LogP) is 2.41. The largest absolute Gasteiger partial charge is 0.388 e. The van der Waals surface area contributed by atoms with E-state index in [-0.39, 0.29) is 0 Å². The molecule has 0 fully saturated rings. The highest BCUT2D eigenvalue weighted by Gasteiger charge is 2.24. The number of hydrogen-bond acceptors (Lipinski definition) is 2. The standard InChI is InChI=1S/C17H32N4O/c1-5-9-17(22,10-6-2)14-20-16(18-7-3)19-12-15-8-11-21(4)13-15/h8,11,13,22H,5-7,9-10,12,14H2,1-4H3,(H2,18,19,20). The molecule has 0 aliphatic heterocycles. The molecule has 1 aromatic heterocycles. The maximum absolute atomic E-state index is 10.7. The lowest BCUT2D eigenvalue weighted by atomic mass is 9.93. The number of guanidine groups is 1. The Morgan fingerprint density at radius 2 is 1.91 bits per heavy atom. The predicted molar refractivity (Wildman–Crippen MR) is 93.0 cm³/mol. The monoisotopic (exact) mass is 308 g/mol. The van der Waals surface area contributed by atoms with E-state index in [2.05, 4.69) is 41.7 Å². The van der Waals surface area contributed by atoms with Crippen LogP contribution >= 0.6 is 0 Å². The highest BCUT2D eigenvalue weighted by molar-refractivity contribution is 5.79. The number of nitrogens with one attached hydrogen (secondary N) is 2. The van der Waals surface area contributed by atoms with Crippen LogP contribution in [0.3, 0.4) is 0 Å². The van der Waals surface area contributed by atoms with E-state index < -0.39 is 5.60 Å². The third-order valence-corrected chi connectivity index (χ3v) is 3.67. The number of hydrogen-bond donors (Lipinski definition) is 3. The van der Waals surface area contributed by atoms with Crippen LogP contribution in [-0.4, -0.2) is 34.3 Å². The van der Waals surface area contributed by atoms with E-state index in [9.17, 15) is 5.11 Å². The zero-order valence-corrected chi connectivity index (χ0v) is 14.5. The van der Waals surface area contributed by atoms with Crippen molar-refractivity contribution >= 4 is 5.96 Å². The fourth-order valence-electron chi connectivity index (χ4n) is 2.65. The van der Waals surface area contributed by atoms with Gasteiger partial charge < -0.3 is 20.3 Å². The van der Waals surface area contributed by atoms with Crippen LogP contribution in [0.1, 0.15) is 52.0 Å². The molecule has 0 radical (unpaired) electrons. The van der Waals surface area contributed by atoms with E-state index in [1.165, 1.54) is 5.56 Å². The van der Waals surface area contributed by atoms with Crippen LogP contribution in [0.4, 0.5) is 0 Å². The zero-order chi connectivity index (χ0) is 16.4. The SMILES string of the molecule is CCCC(O)(CCC)CNC(=NCc1ccn(C)c1)NCC. The van der Waals surface area contributed by atoms with Gasteiger partial charge in [-0.2, -0.15) is 0 Å². The molecule has 0 saturated carbocycles. The molecule has 5 nitrogen and oxygen atoms in total. The molecule has 0 bridgehead atoms. The van der Waals surface area contributed by atoms with E-state index in [4.69, 9.17) is 0 Å². The molecule has 0 atom stereocenters. The normalized spacial score (nSPS) is 12.5. The van der Waals surface area contributed by atoms with Gasteiger partial charge in [-0.25, -0.2) is 4.99 Å². The van der Waals surface area contributed by atoms with Crippen molar-refractivity contribution in [3.8, 4) is 0 Å². The minimum absolute atomic E-state index is 0.537. The van der Waals surface area contributed by atoms with Crippen LogP contribution in [0.5, 0.6) is 0 Å². The van der Waals surface area contributed by atoms with Gasteiger partial charge in [-0.15, -0.1) is 0 Å². The Balaban J connectivity index is 2.62. The first-order chi connectivity index (χ1) is 10.5. The second kappa shape index (κ2) is 9.51. The van der Waals surface area contributed by atoms with Crippen LogP contribution in [0.15, 0.2) is 23.5 Å². The number of aliphatic hydroxyl groups is 1. The molecule has 22 heavy (non-hydrogen) atoms. The molecule has 0 amide bonds. The molecule has 3 N–H and O–H groups in total. The van der Waals surface area contributed by atoms with Crippen molar-refractivity contribution < 1.29 is 5.11 Å². The summed E-state index contributed by atoms with van der Waals surface area (Å²) in [6.45, 7) is 8.24. The molecule has 5 heteroatoms. The fourth-order valence-corrected chi connectivity index (χ4v) is 2.65. The summed E-state index contributed by atoms with van der Waals surface area (Å²) in [6.07, 6.45) is 7.67. The Morgan fingerprint density at radius 1 is 1.23 bits per heavy atom. The van der Waals surface area contributed by atoms with Crippen LogP contribution in [0.2, 0.25) is 0 Å². The quantitative estimate of drug-likeness (QED) is 0.485. The molecule has 0 aliphatic carbocycles. The Kier molecular flexibility index (Phi) is 8.02. The van der Waals surface area contributed by atoms with Crippen molar-refractivity contribution in [3.05, 3.63) is 24.0 Å². The molecule has 0 saturated heterocycles. The summed E-state index contributed by atoms with van der Waals surface area (Å²) in [5, 5.41) is 17.2. The van der Waals surface area contributed by atoms with Gasteiger partial charge in [0, 0.05) is 32.5 Å². The molecular formula is C17H32N4O. The molecule has 126 valence electrons. The Labute approximate surface area is 134 Å². The van der Waals surface area contributed by atoms with Crippen molar-refractivity contribution in [3.63, 3.8) is 0 Å². The van der Waals surface area contributed by atoms with Crippen LogP contribution in [0.25, 0.3) is 0 Å². The minimum Gasteiger partial charge on any atom is -0.388 e. The highest BCUT2D eigenvalue weighted by Crippen LogP contribution is 2.18. The molecule has 0 aromatic carbocycles. The van der Waals surface area contributed by atoms with Crippen molar-refractivity contribution in [1.82, 2.24) is 15.2 Å². The summed E-state index contributed by atoms with van der Waals surface area (Å²) >= 11 is 0. The minimum atomic E-state index is -0.646. The smallest absolute Gasteiger partial charge is 0.191 e. The average molecular weight is 308 g/mol. The third-order valence-electron chi connectivity index (χ3n) is 3.67. The summed E-state index contributed by atoms with van der Waals surface area (Å²) in [7, 11) is 2.01. The van der Waals surface area contributed by atoms with Gasteiger partial charge in [0.1, 0.15) is 0 Å². The first-order valence-corrected chi connectivity index (χ1v) is 8.38. The van der Waals surface area contributed by atoms with Gasteiger partial charge in [0.2, 0.25) is 0 Å². The highest BCUT2D eigenvalue weighted by atomic mass is 16.3. The molecule has 1 rings (SSSR count). The van der Waals surface area contributed by atoms with E-state index >= 15 is 0 Å². The first-order valence-electron chi connectivity index (χ1n) is 8.38. The van der Waals surface area contributed by atoms with E-state index in [0.29, 0.717) is 13.1 Å². The van der Waals surface area contributed by atoms with Crippen molar-refractivity contribution in [1.29, 1.82) is 0 Å². The van der Waals surface area contributed by atoms with Gasteiger partial charge in [0.15, 0.2) is 5.96 Å². The van der Waals surface area contributed by atoms with Crippen molar-refractivity contribution in [2.75, 3.05) is 13.1 Å². The maximum atomic E-state index is 10.7. The maximum Gasteiger partial charge on any atom is 0.191 e. The number of nitrogens with zero attached hydrogens (tertiary/aromatic N) is 2. The second-order valence-corrected chi connectivity index (χ2v) is 5.96. The lowest BCUT2D eigenvalue weighted by molar-refractivity contribution is 0.0257. The average Bonchev–Trinajstić information content (AvgIpc) is 2.88. The summed E-state index contributed by atoms with van der Waals surface area (Å²) in [6, 6.07) is 2.07. The second-order valence-electron chi connectivity index (χ2n) is 5.96. The molecule has 1 aromatic rings. The van der Waals surface area contributed by atoms with E-state index in [1.807, 2.05) is 24.7 Å². The van der Waals surface area contributed by atoms with E-state index in [1.54, 1.807) is 0 Å². The van der Waals surface area contributed by atoms with Crippen LogP contribution in [-0.2, 0) is 13.6 Å². The molecule has 0 spiro atoms. The Bertz CT molecular complexity index is 447. The van der Waals surface area contributed by atoms with Gasteiger partial charge in [-0.1, -0.05) is 26.7 Å². The van der Waals surface area contributed by atoms with E-state index in [0.717, 1.165) is 38.2 Å². The number of aliphatic imine (C=N–C) groups is 1. The topological polar surface area (TPSA) is 61.6 Å². The first kappa shape index (κ1) is 18.6. The lowest BCUT2D eigenvalue weighted by Crippen LogP contribution is -2.47. The fraction of sp³-hybridized carbons (Fsp3) is 0.706. The summed E-state index contributed by atoms with van der Waals surface area (Å²) in [5.41, 5.74) is 0.531. The van der Waals surface area contributed by atoms with Crippen LogP contribution < -0.4 is 10.6 Å². The molecule has 0 aliphatic rings. The van der Waals surface area contributed by atoms with Crippen LogP contribution in [0, 0.1) is 0 Å². The summed E-state index contributed by atoms with van der Waals surface area (Å²) in [4.78, 5) is 4.59. The van der Waals surface area contributed by atoms with Gasteiger partial charge >= 0.3 is 0 Å². The zero-order valence-electron chi connectivity index (χ0n) is 14.5. The lowest BCUT2D eigenvalue weighted by Gasteiger charge is -2.28. The number of aromatic nitrogens is 1. The van der Waals surface area contributed by atoms with Gasteiger partial charge in [-0.05, 0) is 31.4 Å². The summed E-state index contributed by atoms with van der Waals surface area (Å²) in [5.74, 6) is 0.761. The summed E-state index contributed by atoms with van der Waals surface area (Å²) < 4.78 is 2.02. The Hall–Kier alpha value is -1.49. The molecule has 1 heterocycles. The van der Waals surface area contributed by atoms with Gasteiger partial charge in [0.25, 0.3) is 0 Å².